The molecule has 0 saturated heterocycles. The molecule has 0 bridgehead atoms. The van der Waals surface area contributed by atoms with Gasteiger partial charge in [-0.1, -0.05) is 53.4 Å². The molecule has 4 nitrogen and oxygen atoms in total. The first-order valence-corrected chi connectivity index (χ1v) is 7.63. The first kappa shape index (κ1) is 25.4. The summed E-state index contributed by atoms with van der Waals surface area (Å²) in [5.74, 6) is -0.998. The molecule has 0 aromatic carbocycles. The molecule has 0 N–H and O–H groups in total. The molecule has 0 amide bonds. The van der Waals surface area contributed by atoms with Crippen molar-refractivity contribution in [3.05, 3.63) is 12.2 Å². The summed E-state index contributed by atoms with van der Waals surface area (Å²) in [5.41, 5.74) is 0. The van der Waals surface area contributed by atoms with Crippen LogP contribution >= 0.6 is 0 Å². The summed E-state index contributed by atoms with van der Waals surface area (Å²) in [4.78, 5) is 22.1. The normalized spacial score (nSPS) is 9.33. The van der Waals surface area contributed by atoms with E-state index < -0.39 is 11.9 Å². The van der Waals surface area contributed by atoms with Crippen LogP contribution in [0.2, 0.25) is 0 Å². The summed E-state index contributed by atoms with van der Waals surface area (Å²) >= 11 is 0. The van der Waals surface area contributed by atoms with Crippen molar-refractivity contribution < 1.29 is 19.1 Å². The quantitative estimate of drug-likeness (QED) is 0.255. The molecule has 0 aliphatic carbocycles. The van der Waals surface area contributed by atoms with Gasteiger partial charge in [-0.2, -0.15) is 0 Å². The second kappa shape index (κ2) is 21.8. The number of carbonyl (C=O) groups excluding carboxylic acids is 2. The van der Waals surface area contributed by atoms with E-state index in [4.69, 9.17) is 9.47 Å². The Balaban J connectivity index is -0.000000572. The van der Waals surface area contributed by atoms with Gasteiger partial charge in [0, 0.05) is 12.2 Å². The van der Waals surface area contributed by atoms with E-state index in [1.54, 1.807) is 0 Å². The van der Waals surface area contributed by atoms with Gasteiger partial charge in [-0.3, -0.25) is 0 Å². The third kappa shape index (κ3) is 24.8. The van der Waals surface area contributed by atoms with Crippen molar-refractivity contribution in [3.63, 3.8) is 0 Å². The second-order valence-corrected chi connectivity index (χ2v) is 4.38. The standard InChI is InChI=1S/C12H20O4.C4H10.Sn.2H/c1-3-5-9-15-11(13)7-8-12(14)16-10-6-4-2;1-3-4-2;;;/h7-8H,3-6,9-10H2,1-2H3;3-4H2,1-2H3;;;/b8-7-;;;;. The number of esters is 2. The Kier molecular flexibility index (Phi) is 26.4. The monoisotopic (exact) mass is 408 g/mol. The van der Waals surface area contributed by atoms with E-state index >= 15 is 0 Å². The van der Waals surface area contributed by atoms with Gasteiger partial charge >= 0.3 is 35.8 Å². The molecule has 0 saturated carbocycles. The van der Waals surface area contributed by atoms with Crippen molar-refractivity contribution in [2.45, 2.75) is 66.2 Å². The minimum absolute atomic E-state index is 0. The molecule has 0 aliphatic rings. The summed E-state index contributed by atoms with van der Waals surface area (Å²) < 4.78 is 9.65. The molecular weight excluding hydrogens is 375 g/mol. The summed E-state index contributed by atoms with van der Waals surface area (Å²) in [5, 5.41) is 0. The Morgan fingerprint density at radius 1 is 0.714 bits per heavy atom. The van der Waals surface area contributed by atoms with E-state index in [2.05, 4.69) is 13.8 Å². The van der Waals surface area contributed by atoms with Crippen molar-refractivity contribution in [2.75, 3.05) is 13.2 Å². The van der Waals surface area contributed by atoms with Crippen LogP contribution in [0.1, 0.15) is 66.2 Å². The Morgan fingerprint density at radius 2 is 1.05 bits per heavy atom. The maximum absolute atomic E-state index is 11.0. The van der Waals surface area contributed by atoms with E-state index in [0.29, 0.717) is 13.2 Å². The zero-order chi connectivity index (χ0) is 15.6. The number of ether oxygens (including phenoxy) is 2. The molecule has 0 spiro atoms. The molecule has 124 valence electrons. The van der Waals surface area contributed by atoms with Gasteiger partial charge in [-0.05, 0) is 12.8 Å². The van der Waals surface area contributed by atoms with Crippen molar-refractivity contribution in [3.8, 4) is 0 Å². The molecule has 0 fully saturated rings. The fourth-order valence-corrected chi connectivity index (χ4v) is 0.867. The van der Waals surface area contributed by atoms with Gasteiger partial charge in [-0.25, -0.2) is 9.59 Å². The van der Waals surface area contributed by atoms with Crippen LogP contribution in [0.3, 0.4) is 0 Å². The number of rotatable bonds is 9. The molecule has 0 aliphatic heterocycles. The molecule has 5 heteroatoms. The summed E-state index contributed by atoms with van der Waals surface area (Å²) in [7, 11) is 0. The number of hydrogen-bond donors (Lipinski definition) is 0. The predicted molar refractivity (Wildman–Crippen MR) is 90.0 cm³/mol. The fourth-order valence-electron chi connectivity index (χ4n) is 0.867. The minimum atomic E-state index is -0.499. The van der Waals surface area contributed by atoms with Crippen LogP contribution in [-0.4, -0.2) is 49.1 Å². The van der Waals surface area contributed by atoms with E-state index in [1.165, 1.54) is 12.8 Å². The van der Waals surface area contributed by atoms with Crippen molar-refractivity contribution >= 4 is 35.8 Å². The molecule has 0 atom stereocenters. The summed E-state index contributed by atoms with van der Waals surface area (Å²) in [6, 6.07) is 0. The average molecular weight is 407 g/mol. The zero-order valence-electron chi connectivity index (χ0n) is 14.2. The van der Waals surface area contributed by atoms with E-state index in [0.717, 1.165) is 37.8 Å². The molecule has 0 aromatic heterocycles. The van der Waals surface area contributed by atoms with Gasteiger partial charge in [0.05, 0.1) is 13.2 Å². The van der Waals surface area contributed by atoms with Gasteiger partial charge in [0.15, 0.2) is 0 Å². The second-order valence-electron chi connectivity index (χ2n) is 4.38. The summed E-state index contributed by atoms with van der Waals surface area (Å²) in [6.45, 7) is 9.17. The van der Waals surface area contributed by atoms with Crippen LogP contribution in [0, 0.1) is 0 Å². The molecule has 21 heavy (non-hydrogen) atoms. The van der Waals surface area contributed by atoms with Crippen LogP contribution < -0.4 is 0 Å². The van der Waals surface area contributed by atoms with Crippen LogP contribution in [0.15, 0.2) is 12.2 Å². The first-order valence-electron chi connectivity index (χ1n) is 7.63. The third-order valence-electron chi connectivity index (χ3n) is 2.34. The van der Waals surface area contributed by atoms with Gasteiger partial charge in [0.2, 0.25) is 0 Å². The van der Waals surface area contributed by atoms with E-state index in [-0.39, 0.29) is 23.9 Å². The first-order chi connectivity index (χ1) is 9.62. The van der Waals surface area contributed by atoms with Crippen LogP contribution in [0.4, 0.5) is 0 Å². The number of carbonyl (C=O) groups is 2. The molecule has 0 rings (SSSR count). The molecule has 0 aromatic rings. The SMILES string of the molecule is CCCC.CCCCOC(=O)/C=C\C(=O)OCCCC.[SnH2]. The fraction of sp³-hybridized carbons (Fsp3) is 0.750. The molecule has 0 heterocycles. The van der Waals surface area contributed by atoms with Gasteiger partial charge in [0.1, 0.15) is 0 Å². The Hall–Kier alpha value is -0.521. The van der Waals surface area contributed by atoms with Crippen molar-refractivity contribution in [2.24, 2.45) is 0 Å². The van der Waals surface area contributed by atoms with Gasteiger partial charge in [-0.15, -0.1) is 0 Å². The summed E-state index contributed by atoms with van der Waals surface area (Å²) in [6.07, 6.45) is 8.45. The van der Waals surface area contributed by atoms with Crippen LogP contribution in [0.25, 0.3) is 0 Å². The van der Waals surface area contributed by atoms with Crippen molar-refractivity contribution in [1.82, 2.24) is 0 Å². The van der Waals surface area contributed by atoms with Crippen LogP contribution in [-0.2, 0) is 19.1 Å². The Labute approximate surface area is 146 Å². The average Bonchev–Trinajstić information content (AvgIpc) is 2.46. The number of unbranched alkanes of at least 4 members (excludes halogenated alkanes) is 3. The van der Waals surface area contributed by atoms with Crippen LogP contribution in [0.5, 0.6) is 0 Å². The molecular formula is C16H32O4Sn. The van der Waals surface area contributed by atoms with E-state index in [1.807, 2.05) is 13.8 Å². The topological polar surface area (TPSA) is 52.6 Å². The van der Waals surface area contributed by atoms with E-state index in [9.17, 15) is 9.59 Å². The Bertz CT molecular complexity index is 239. The zero-order valence-corrected chi connectivity index (χ0v) is 18.2. The Morgan fingerprint density at radius 3 is 1.29 bits per heavy atom. The van der Waals surface area contributed by atoms with Gasteiger partial charge < -0.3 is 9.47 Å². The molecule has 0 unspecified atom stereocenters. The maximum atomic E-state index is 11.0. The van der Waals surface area contributed by atoms with Crippen molar-refractivity contribution in [1.29, 1.82) is 0 Å². The van der Waals surface area contributed by atoms with Gasteiger partial charge in [0.25, 0.3) is 0 Å². The predicted octanol–water partition coefficient (Wildman–Crippen LogP) is 3.12. The third-order valence-corrected chi connectivity index (χ3v) is 2.34. The molecule has 2 radical (unpaired) electrons. The number of hydrogen-bond acceptors (Lipinski definition) is 4.